The first-order chi connectivity index (χ1) is 16.6. The first-order valence-corrected chi connectivity index (χ1v) is 12.2. The first-order valence-electron chi connectivity index (χ1n) is 11.3. The van der Waals surface area contributed by atoms with Gasteiger partial charge in [-0.1, -0.05) is 32.1 Å². The lowest BCUT2D eigenvalue weighted by Crippen LogP contribution is -2.48. The number of hydrogen-bond acceptors (Lipinski definition) is 8. The Hall–Kier alpha value is -3.66. The second-order valence-corrected chi connectivity index (χ2v) is 11.1. The number of hydrogen-bond donors (Lipinski definition) is 1. The third-order valence-electron chi connectivity index (χ3n) is 8.44. The summed E-state index contributed by atoms with van der Waals surface area (Å²) in [4.78, 5) is 39.3. The van der Waals surface area contributed by atoms with Gasteiger partial charge in [0.1, 0.15) is 5.75 Å². The molecule has 1 saturated carbocycles. The molecule has 1 fully saturated rings. The monoisotopic (exact) mass is 489 g/mol. The summed E-state index contributed by atoms with van der Waals surface area (Å²) in [6.45, 7) is 6.34. The van der Waals surface area contributed by atoms with E-state index in [1.165, 1.54) is 23.5 Å². The van der Waals surface area contributed by atoms with E-state index < -0.39 is 15.8 Å². The molecule has 6 rings (SSSR count). The molecule has 1 N–H and O–H groups in total. The van der Waals surface area contributed by atoms with Crippen LogP contribution in [0.5, 0.6) is 5.75 Å². The number of aromatic nitrogens is 3. The number of non-ortho nitro benzene ring substituents is 1. The number of amides is 1. The van der Waals surface area contributed by atoms with Crippen LogP contribution in [0.2, 0.25) is 0 Å². The predicted molar refractivity (Wildman–Crippen MR) is 133 cm³/mol. The number of benzene rings is 2. The third kappa shape index (κ3) is 2.68. The molecule has 2 atom stereocenters. The molecule has 2 aromatic carbocycles. The first kappa shape index (κ1) is 21.8. The summed E-state index contributed by atoms with van der Waals surface area (Å²) in [6.07, 6.45) is 1.41. The molecule has 0 radical (unpaired) electrons. The van der Waals surface area contributed by atoms with E-state index in [2.05, 4.69) is 31.1 Å². The van der Waals surface area contributed by atoms with Gasteiger partial charge in [-0.3, -0.25) is 14.9 Å². The molecule has 2 unspecified atom stereocenters. The van der Waals surface area contributed by atoms with Crippen LogP contribution in [0.3, 0.4) is 0 Å². The largest absolute Gasteiger partial charge is 0.497 e. The van der Waals surface area contributed by atoms with Crippen molar-refractivity contribution in [1.82, 2.24) is 15.0 Å². The van der Waals surface area contributed by atoms with Gasteiger partial charge in [-0.05, 0) is 42.5 Å². The van der Waals surface area contributed by atoms with Crippen molar-refractivity contribution in [3.63, 3.8) is 0 Å². The normalized spacial score (nSPS) is 24.0. The number of carbonyl (C=O) groups is 1. The minimum absolute atomic E-state index is 0.0521. The second kappa shape index (κ2) is 6.94. The molecular weight excluding hydrogens is 466 g/mol. The average Bonchev–Trinajstić information content (AvgIpc) is 3.37. The molecule has 35 heavy (non-hydrogen) atoms. The summed E-state index contributed by atoms with van der Waals surface area (Å²) in [5.41, 5.74) is 1.40. The van der Waals surface area contributed by atoms with E-state index in [4.69, 9.17) is 14.7 Å². The van der Waals surface area contributed by atoms with Gasteiger partial charge in [-0.25, -0.2) is 15.0 Å². The van der Waals surface area contributed by atoms with Crippen LogP contribution in [0.25, 0.3) is 21.3 Å². The molecule has 4 aromatic rings. The molecule has 0 spiro atoms. The average molecular weight is 490 g/mol. The number of nitro benzene ring substituents is 1. The van der Waals surface area contributed by atoms with E-state index in [9.17, 15) is 14.9 Å². The Labute approximate surface area is 204 Å². The summed E-state index contributed by atoms with van der Waals surface area (Å²) in [5, 5.41) is 14.9. The second-order valence-electron chi connectivity index (χ2n) is 10.0. The Morgan fingerprint density at radius 1 is 1.03 bits per heavy atom. The van der Waals surface area contributed by atoms with Gasteiger partial charge in [0.25, 0.3) is 5.69 Å². The van der Waals surface area contributed by atoms with E-state index in [-0.39, 0.29) is 17.0 Å². The van der Waals surface area contributed by atoms with Gasteiger partial charge in [0.15, 0.2) is 5.13 Å². The molecule has 0 aliphatic heterocycles. The topological polar surface area (TPSA) is 120 Å². The van der Waals surface area contributed by atoms with Gasteiger partial charge >= 0.3 is 0 Å². The van der Waals surface area contributed by atoms with Crippen LogP contribution in [0.1, 0.15) is 45.0 Å². The van der Waals surface area contributed by atoms with Gasteiger partial charge in [0.05, 0.1) is 50.1 Å². The van der Waals surface area contributed by atoms with Crippen LogP contribution >= 0.6 is 11.3 Å². The highest BCUT2D eigenvalue weighted by atomic mass is 32.1. The molecule has 2 aliphatic rings. The van der Waals surface area contributed by atoms with Crippen molar-refractivity contribution in [3.8, 4) is 5.75 Å². The summed E-state index contributed by atoms with van der Waals surface area (Å²) >= 11 is 1.39. The lowest BCUT2D eigenvalue weighted by Gasteiger charge is -2.39. The molecule has 2 heterocycles. The molecule has 9 nitrogen and oxygen atoms in total. The van der Waals surface area contributed by atoms with Crippen molar-refractivity contribution in [2.45, 2.75) is 44.4 Å². The van der Waals surface area contributed by atoms with Crippen LogP contribution in [-0.2, 0) is 15.6 Å². The third-order valence-corrected chi connectivity index (χ3v) is 9.37. The number of carbonyl (C=O) groups excluding carboxylic acids is 1. The molecular formula is C25H23N5O4S. The summed E-state index contributed by atoms with van der Waals surface area (Å²) in [5.74, 6) is 0.557. The van der Waals surface area contributed by atoms with Crippen LogP contribution < -0.4 is 10.1 Å². The van der Waals surface area contributed by atoms with Crippen molar-refractivity contribution >= 4 is 49.3 Å². The molecule has 10 heteroatoms. The Bertz CT molecular complexity index is 1580. The van der Waals surface area contributed by atoms with Crippen LogP contribution in [0.4, 0.5) is 10.8 Å². The summed E-state index contributed by atoms with van der Waals surface area (Å²) in [6, 6.07) is 10.1. The zero-order chi connectivity index (χ0) is 24.8. The van der Waals surface area contributed by atoms with Crippen LogP contribution in [0, 0.1) is 15.5 Å². The van der Waals surface area contributed by atoms with Gasteiger partial charge in [-0.2, -0.15) is 0 Å². The van der Waals surface area contributed by atoms with E-state index in [1.54, 1.807) is 13.2 Å². The number of anilines is 1. The lowest BCUT2D eigenvalue weighted by atomic mass is 9.63. The van der Waals surface area contributed by atoms with Crippen molar-refractivity contribution in [3.05, 3.63) is 57.9 Å². The number of thiazole rings is 1. The van der Waals surface area contributed by atoms with E-state index in [0.717, 1.165) is 28.1 Å². The highest BCUT2D eigenvalue weighted by Crippen LogP contribution is 2.70. The van der Waals surface area contributed by atoms with Crippen LogP contribution in [-0.4, -0.2) is 32.9 Å². The minimum Gasteiger partial charge on any atom is -0.497 e. The zero-order valence-electron chi connectivity index (χ0n) is 19.7. The van der Waals surface area contributed by atoms with Gasteiger partial charge in [0, 0.05) is 17.5 Å². The fraction of sp³-hybridized carbons (Fsp3) is 0.360. The SMILES string of the molecule is COc1ccc2nc(NC(=O)C34CCC(C)(c5nc6ccc([N+](=O)[O-])cc6nc53)C4(C)C)sc2c1. The van der Waals surface area contributed by atoms with Gasteiger partial charge in [0.2, 0.25) is 5.91 Å². The van der Waals surface area contributed by atoms with Crippen molar-refractivity contribution < 1.29 is 14.5 Å². The molecule has 1 amide bonds. The standard InChI is InChI=1S/C25H23N5O4S/c1-23(2)24(3)9-10-25(23,20-19(24)26-15-7-5-13(30(32)33)11-17(15)27-20)21(31)29-22-28-16-8-6-14(34-4)12-18(16)35-22/h5-8,11-12H,9-10H2,1-4H3,(H,28,29,31). The number of nitro groups is 1. The number of methoxy groups -OCH3 is 1. The maximum atomic E-state index is 14.1. The van der Waals surface area contributed by atoms with E-state index in [1.807, 2.05) is 18.2 Å². The fourth-order valence-electron chi connectivity index (χ4n) is 5.99. The Morgan fingerprint density at radius 2 is 1.77 bits per heavy atom. The molecule has 2 aromatic heterocycles. The maximum absolute atomic E-state index is 14.1. The van der Waals surface area contributed by atoms with Crippen molar-refractivity contribution in [2.24, 2.45) is 5.41 Å². The molecule has 0 saturated heterocycles. The number of fused-ring (bicyclic) bond motifs is 7. The van der Waals surface area contributed by atoms with Gasteiger partial charge in [-0.15, -0.1) is 0 Å². The van der Waals surface area contributed by atoms with E-state index in [0.29, 0.717) is 28.3 Å². The maximum Gasteiger partial charge on any atom is 0.271 e. The Morgan fingerprint density at radius 3 is 2.51 bits per heavy atom. The predicted octanol–water partition coefficient (Wildman–Crippen LogP) is 5.12. The molecule has 2 bridgehead atoms. The highest BCUT2D eigenvalue weighted by Gasteiger charge is 2.73. The molecule has 178 valence electrons. The van der Waals surface area contributed by atoms with Crippen molar-refractivity contribution in [1.29, 1.82) is 0 Å². The zero-order valence-corrected chi connectivity index (χ0v) is 20.5. The number of nitrogens with one attached hydrogen (secondary N) is 1. The molecule has 2 aliphatic carbocycles. The highest BCUT2D eigenvalue weighted by molar-refractivity contribution is 7.22. The van der Waals surface area contributed by atoms with Crippen molar-refractivity contribution in [2.75, 3.05) is 12.4 Å². The number of ether oxygens (including phenoxy) is 1. The summed E-state index contributed by atoms with van der Waals surface area (Å²) < 4.78 is 6.22. The number of rotatable bonds is 4. The quantitative estimate of drug-likeness (QED) is 0.312. The fourth-order valence-corrected chi connectivity index (χ4v) is 6.88. The minimum atomic E-state index is -0.932. The Balaban J connectivity index is 1.48. The smallest absolute Gasteiger partial charge is 0.271 e. The number of nitrogens with zero attached hydrogens (tertiary/aromatic N) is 4. The van der Waals surface area contributed by atoms with Crippen LogP contribution in [0.15, 0.2) is 36.4 Å². The Kier molecular flexibility index (Phi) is 4.33. The van der Waals surface area contributed by atoms with E-state index >= 15 is 0 Å². The lowest BCUT2D eigenvalue weighted by molar-refractivity contribution is -0.384. The summed E-state index contributed by atoms with van der Waals surface area (Å²) in [7, 11) is 1.61. The van der Waals surface area contributed by atoms with Gasteiger partial charge < -0.3 is 10.1 Å².